The lowest BCUT2D eigenvalue weighted by atomic mass is 10.0. The van der Waals surface area contributed by atoms with Gasteiger partial charge in [-0.15, -0.1) is 6.42 Å². The van der Waals surface area contributed by atoms with Crippen LogP contribution in [-0.4, -0.2) is 36.6 Å². The molecule has 0 aromatic carbocycles. The Morgan fingerprint density at radius 3 is 2.62 bits per heavy atom. The number of hydrogen-bond donors (Lipinski definition) is 0. The van der Waals surface area contributed by atoms with Gasteiger partial charge in [0.1, 0.15) is 0 Å². The average molecular weight is 223 g/mol. The van der Waals surface area contributed by atoms with E-state index in [1.165, 1.54) is 12.8 Å². The number of terminal acetylenes is 1. The van der Waals surface area contributed by atoms with Gasteiger partial charge in [-0.1, -0.05) is 5.92 Å². The fourth-order valence-corrected chi connectivity index (χ4v) is 1.52. The van der Waals surface area contributed by atoms with Gasteiger partial charge >= 0.3 is 0 Å². The molecule has 0 heterocycles. The van der Waals surface area contributed by atoms with Crippen molar-refractivity contribution in [3.8, 4) is 12.3 Å². The molecule has 1 fully saturated rings. The van der Waals surface area contributed by atoms with E-state index < -0.39 is 5.60 Å². The molecule has 90 valence electrons. The van der Waals surface area contributed by atoms with Gasteiger partial charge in [-0.25, -0.2) is 0 Å². The maximum absolute atomic E-state index is 12.0. The van der Waals surface area contributed by atoms with Crippen molar-refractivity contribution in [1.29, 1.82) is 0 Å². The van der Waals surface area contributed by atoms with Crippen molar-refractivity contribution in [3.05, 3.63) is 0 Å². The lowest BCUT2D eigenvalue weighted by Crippen LogP contribution is -2.38. The average Bonchev–Trinajstić information content (AvgIpc) is 3.00. The van der Waals surface area contributed by atoms with Gasteiger partial charge in [0, 0.05) is 13.7 Å². The first-order chi connectivity index (χ1) is 7.48. The van der Waals surface area contributed by atoms with Crippen LogP contribution in [0.2, 0.25) is 0 Å². The van der Waals surface area contributed by atoms with Gasteiger partial charge in [0.15, 0.2) is 0 Å². The van der Waals surface area contributed by atoms with Crippen molar-refractivity contribution >= 4 is 5.91 Å². The molecule has 0 atom stereocenters. The summed E-state index contributed by atoms with van der Waals surface area (Å²) in [5.41, 5.74) is -0.409. The summed E-state index contributed by atoms with van der Waals surface area (Å²) in [6.07, 6.45) is 8.12. The standard InChI is InChI=1S/C13H21NO2/c1-5-8-14(10-11-6-7-11)12(15)9-13(2,3)16-4/h1,11H,6-10H2,2-4H3. The molecule has 0 spiro atoms. The van der Waals surface area contributed by atoms with E-state index in [-0.39, 0.29) is 5.91 Å². The number of carbonyl (C=O) groups excluding carboxylic acids is 1. The number of rotatable bonds is 6. The predicted molar refractivity (Wildman–Crippen MR) is 63.8 cm³/mol. The molecule has 0 aromatic heterocycles. The Morgan fingerprint density at radius 1 is 1.56 bits per heavy atom. The zero-order valence-corrected chi connectivity index (χ0v) is 10.5. The molecule has 0 unspecified atom stereocenters. The summed E-state index contributed by atoms with van der Waals surface area (Å²) < 4.78 is 5.26. The Hall–Kier alpha value is -1.01. The molecule has 1 aliphatic carbocycles. The van der Waals surface area contributed by atoms with E-state index in [0.717, 1.165) is 6.54 Å². The monoisotopic (exact) mass is 223 g/mol. The Labute approximate surface area is 98.1 Å². The quantitative estimate of drug-likeness (QED) is 0.641. The molecule has 1 rings (SSSR count). The van der Waals surface area contributed by atoms with Crippen LogP contribution in [0.1, 0.15) is 33.1 Å². The molecule has 0 N–H and O–H groups in total. The van der Waals surface area contributed by atoms with Gasteiger partial charge in [-0.3, -0.25) is 4.79 Å². The minimum Gasteiger partial charge on any atom is -0.378 e. The predicted octanol–water partition coefficient (Wildman–Crippen LogP) is 1.67. The second kappa shape index (κ2) is 5.36. The van der Waals surface area contributed by atoms with E-state index in [1.54, 1.807) is 12.0 Å². The topological polar surface area (TPSA) is 29.5 Å². The zero-order chi connectivity index (χ0) is 12.2. The third-order valence-corrected chi connectivity index (χ3v) is 2.94. The summed E-state index contributed by atoms with van der Waals surface area (Å²) in [6.45, 7) is 5.05. The Kier molecular flexibility index (Phi) is 4.37. The Balaban J connectivity index is 2.49. The van der Waals surface area contributed by atoms with Crippen molar-refractivity contribution < 1.29 is 9.53 Å². The Morgan fingerprint density at radius 2 is 2.19 bits per heavy atom. The van der Waals surface area contributed by atoms with Crippen molar-refractivity contribution in [2.24, 2.45) is 5.92 Å². The van der Waals surface area contributed by atoms with E-state index in [4.69, 9.17) is 11.2 Å². The van der Waals surface area contributed by atoms with Gasteiger partial charge in [-0.05, 0) is 32.6 Å². The van der Waals surface area contributed by atoms with Crippen LogP contribution in [0.25, 0.3) is 0 Å². The number of carbonyl (C=O) groups is 1. The smallest absolute Gasteiger partial charge is 0.226 e. The van der Waals surface area contributed by atoms with Crippen molar-refractivity contribution in [2.45, 2.75) is 38.7 Å². The van der Waals surface area contributed by atoms with E-state index in [0.29, 0.717) is 18.9 Å². The molecule has 0 bridgehead atoms. The van der Waals surface area contributed by atoms with Crippen LogP contribution in [0, 0.1) is 18.3 Å². The number of methoxy groups -OCH3 is 1. The van der Waals surface area contributed by atoms with Crippen LogP contribution >= 0.6 is 0 Å². The largest absolute Gasteiger partial charge is 0.378 e. The van der Waals surface area contributed by atoms with Crippen molar-refractivity contribution in [2.75, 3.05) is 20.2 Å². The SMILES string of the molecule is C#CCN(CC1CC1)C(=O)CC(C)(C)OC. The van der Waals surface area contributed by atoms with Gasteiger partial charge in [0.05, 0.1) is 18.6 Å². The van der Waals surface area contributed by atoms with E-state index >= 15 is 0 Å². The third kappa shape index (κ3) is 4.24. The summed E-state index contributed by atoms with van der Waals surface area (Å²) in [6, 6.07) is 0. The summed E-state index contributed by atoms with van der Waals surface area (Å²) in [5.74, 6) is 3.31. The highest BCUT2D eigenvalue weighted by Crippen LogP contribution is 2.30. The molecule has 16 heavy (non-hydrogen) atoms. The maximum Gasteiger partial charge on any atom is 0.226 e. The van der Waals surface area contributed by atoms with Crippen LogP contribution in [0.5, 0.6) is 0 Å². The number of ether oxygens (including phenoxy) is 1. The number of hydrogen-bond acceptors (Lipinski definition) is 2. The minimum absolute atomic E-state index is 0.0942. The molecule has 3 nitrogen and oxygen atoms in total. The van der Waals surface area contributed by atoms with Crippen molar-refractivity contribution in [1.82, 2.24) is 4.90 Å². The molecular formula is C13H21NO2. The first-order valence-electron chi connectivity index (χ1n) is 5.75. The molecule has 0 aliphatic heterocycles. The van der Waals surface area contributed by atoms with E-state index in [2.05, 4.69) is 5.92 Å². The molecule has 3 heteroatoms. The highest BCUT2D eigenvalue weighted by atomic mass is 16.5. The summed E-state index contributed by atoms with van der Waals surface area (Å²) in [4.78, 5) is 13.8. The lowest BCUT2D eigenvalue weighted by molar-refractivity contribution is -0.136. The molecule has 0 aromatic rings. The highest BCUT2D eigenvalue weighted by molar-refractivity contribution is 5.77. The van der Waals surface area contributed by atoms with E-state index in [1.807, 2.05) is 13.8 Å². The van der Waals surface area contributed by atoms with Crippen LogP contribution in [0.15, 0.2) is 0 Å². The number of nitrogens with zero attached hydrogens (tertiary/aromatic N) is 1. The van der Waals surface area contributed by atoms with Gasteiger partial charge < -0.3 is 9.64 Å². The Bertz CT molecular complexity index is 287. The lowest BCUT2D eigenvalue weighted by Gasteiger charge is -2.27. The van der Waals surface area contributed by atoms with Crippen LogP contribution in [0.4, 0.5) is 0 Å². The third-order valence-electron chi connectivity index (χ3n) is 2.94. The first kappa shape index (κ1) is 13.1. The highest BCUT2D eigenvalue weighted by Gasteiger charge is 2.29. The number of amides is 1. The van der Waals surface area contributed by atoms with Crippen LogP contribution in [0.3, 0.4) is 0 Å². The minimum atomic E-state index is -0.409. The molecular weight excluding hydrogens is 202 g/mol. The summed E-state index contributed by atoms with van der Waals surface area (Å²) >= 11 is 0. The zero-order valence-electron chi connectivity index (χ0n) is 10.5. The first-order valence-corrected chi connectivity index (χ1v) is 5.75. The summed E-state index contributed by atoms with van der Waals surface area (Å²) in [5, 5.41) is 0. The molecule has 1 saturated carbocycles. The second-order valence-electron chi connectivity index (χ2n) is 5.06. The fraction of sp³-hybridized carbons (Fsp3) is 0.769. The van der Waals surface area contributed by atoms with Crippen LogP contribution < -0.4 is 0 Å². The van der Waals surface area contributed by atoms with Gasteiger partial charge in [-0.2, -0.15) is 0 Å². The molecule has 1 aliphatic rings. The van der Waals surface area contributed by atoms with Crippen molar-refractivity contribution in [3.63, 3.8) is 0 Å². The fourth-order valence-electron chi connectivity index (χ4n) is 1.52. The maximum atomic E-state index is 12.0. The normalized spacial score (nSPS) is 15.6. The molecule has 0 radical (unpaired) electrons. The second-order valence-corrected chi connectivity index (χ2v) is 5.06. The molecule has 0 saturated heterocycles. The van der Waals surface area contributed by atoms with E-state index in [9.17, 15) is 4.79 Å². The van der Waals surface area contributed by atoms with Crippen LogP contribution in [-0.2, 0) is 9.53 Å². The van der Waals surface area contributed by atoms with Gasteiger partial charge in [0.2, 0.25) is 5.91 Å². The molecule has 1 amide bonds. The summed E-state index contributed by atoms with van der Waals surface area (Å²) in [7, 11) is 1.62. The van der Waals surface area contributed by atoms with Gasteiger partial charge in [0.25, 0.3) is 0 Å².